The predicted octanol–water partition coefficient (Wildman–Crippen LogP) is 5.05. The average Bonchev–Trinajstić information content (AvgIpc) is 2.69. The molecule has 0 saturated heterocycles. The van der Waals surface area contributed by atoms with Gasteiger partial charge in [-0.25, -0.2) is 0 Å². The van der Waals surface area contributed by atoms with E-state index in [-0.39, 0.29) is 26.1 Å². The number of benzene rings is 1. The van der Waals surface area contributed by atoms with Crippen LogP contribution >= 0.6 is 0 Å². The van der Waals surface area contributed by atoms with Gasteiger partial charge >= 0.3 is 11.9 Å². The summed E-state index contributed by atoms with van der Waals surface area (Å²) in [6, 6.07) is 9.63. The van der Waals surface area contributed by atoms with Crippen LogP contribution in [0.25, 0.3) is 6.08 Å². The van der Waals surface area contributed by atoms with Gasteiger partial charge in [0.25, 0.3) is 0 Å². The summed E-state index contributed by atoms with van der Waals surface area (Å²) in [7, 11) is 0. The summed E-state index contributed by atoms with van der Waals surface area (Å²) in [5.74, 6) is -1.29. The molecule has 0 aromatic heterocycles. The molecule has 0 saturated carbocycles. The van der Waals surface area contributed by atoms with Crippen molar-refractivity contribution in [1.29, 1.82) is 0 Å². The third kappa shape index (κ3) is 7.26. The highest BCUT2D eigenvalue weighted by molar-refractivity contribution is 6.00. The number of ether oxygens (including phenoxy) is 2. The quantitative estimate of drug-likeness (QED) is 0.233. The molecule has 0 radical (unpaired) electrons. The normalized spacial score (nSPS) is 10.6. The molecule has 0 fully saturated rings. The summed E-state index contributed by atoms with van der Waals surface area (Å²) in [6.07, 6.45) is 8.50. The molecule has 148 valence electrons. The lowest BCUT2D eigenvalue weighted by Crippen LogP contribution is -2.41. The van der Waals surface area contributed by atoms with Gasteiger partial charge in [-0.2, -0.15) is 0 Å². The van der Waals surface area contributed by atoms with E-state index >= 15 is 0 Å². The van der Waals surface area contributed by atoms with Crippen molar-refractivity contribution in [2.45, 2.75) is 26.7 Å². The number of esters is 2. The second-order valence-electron chi connectivity index (χ2n) is 6.43. The Morgan fingerprint density at radius 2 is 1.57 bits per heavy atom. The van der Waals surface area contributed by atoms with Crippen LogP contribution in [0.15, 0.2) is 79.1 Å². The van der Waals surface area contributed by atoms with Crippen molar-refractivity contribution in [1.82, 2.24) is 0 Å². The number of carbonyl (C=O) groups is 2. The summed E-state index contributed by atoms with van der Waals surface area (Å²) >= 11 is 0. The summed E-state index contributed by atoms with van der Waals surface area (Å²) in [5.41, 5.74) is 3.45. The van der Waals surface area contributed by atoms with Gasteiger partial charge in [-0.05, 0) is 43.9 Å². The minimum atomic E-state index is -1.50. The van der Waals surface area contributed by atoms with Gasteiger partial charge in [-0.3, -0.25) is 9.59 Å². The van der Waals surface area contributed by atoms with Crippen LogP contribution in [-0.2, 0) is 19.1 Å². The molecule has 0 aliphatic carbocycles. The molecular weight excluding hydrogens is 352 g/mol. The summed E-state index contributed by atoms with van der Waals surface area (Å²) in [6.45, 7) is 10.9. The Balaban J connectivity index is 3.25. The fraction of sp³-hybridized carbons (Fsp3) is 0.292. The maximum atomic E-state index is 12.9. The van der Waals surface area contributed by atoms with Gasteiger partial charge in [0.05, 0.1) is 0 Å². The first-order valence-electron chi connectivity index (χ1n) is 9.12. The lowest BCUT2D eigenvalue weighted by Gasteiger charge is -2.26. The van der Waals surface area contributed by atoms with Gasteiger partial charge in [0.1, 0.15) is 13.2 Å². The molecule has 4 heteroatoms. The first-order chi connectivity index (χ1) is 13.5. The van der Waals surface area contributed by atoms with Crippen molar-refractivity contribution in [3.63, 3.8) is 0 Å². The van der Waals surface area contributed by atoms with E-state index in [2.05, 4.69) is 18.9 Å². The zero-order chi connectivity index (χ0) is 20.8. The Kier molecular flexibility index (Phi) is 10.1. The molecule has 0 aliphatic heterocycles. The van der Waals surface area contributed by atoms with Crippen LogP contribution in [0.1, 0.15) is 32.3 Å². The van der Waals surface area contributed by atoms with Gasteiger partial charge in [-0.1, -0.05) is 67.8 Å². The molecule has 1 rings (SSSR count). The Labute approximate surface area is 167 Å². The first-order valence-corrected chi connectivity index (χ1v) is 9.12. The first kappa shape index (κ1) is 22.9. The number of rotatable bonds is 11. The Hall–Kier alpha value is -3.10. The molecule has 4 nitrogen and oxygen atoms in total. The molecule has 0 unspecified atom stereocenters. The SMILES string of the molecule is C=CCOC(=O)C(CC=C=C(C)C)(C/C=C/c1ccccc1)C(=O)OCC=C. The van der Waals surface area contributed by atoms with Gasteiger partial charge in [0.15, 0.2) is 5.41 Å². The van der Waals surface area contributed by atoms with Crippen LogP contribution < -0.4 is 0 Å². The van der Waals surface area contributed by atoms with Crippen molar-refractivity contribution in [3.8, 4) is 0 Å². The van der Waals surface area contributed by atoms with Gasteiger partial charge in [-0.15, -0.1) is 5.73 Å². The minimum Gasteiger partial charge on any atom is -0.461 e. The van der Waals surface area contributed by atoms with E-state index in [1.807, 2.05) is 50.3 Å². The molecule has 1 aromatic rings. The van der Waals surface area contributed by atoms with Gasteiger partial charge in [0, 0.05) is 0 Å². The molecule has 0 aliphatic rings. The molecule has 0 heterocycles. The highest BCUT2D eigenvalue weighted by Gasteiger charge is 2.47. The van der Waals surface area contributed by atoms with Crippen molar-refractivity contribution < 1.29 is 19.1 Å². The van der Waals surface area contributed by atoms with Crippen LogP contribution in [0.2, 0.25) is 0 Å². The predicted molar refractivity (Wildman–Crippen MR) is 112 cm³/mol. The topological polar surface area (TPSA) is 52.6 Å². The second-order valence-corrected chi connectivity index (χ2v) is 6.43. The fourth-order valence-electron chi connectivity index (χ4n) is 2.44. The third-order valence-electron chi connectivity index (χ3n) is 3.86. The number of allylic oxidation sites excluding steroid dienone is 2. The van der Waals surface area contributed by atoms with Crippen LogP contribution in [0.5, 0.6) is 0 Å². The molecule has 0 amide bonds. The Morgan fingerprint density at radius 1 is 1.00 bits per heavy atom. The number of hydrogen-bond donors (Lipinski definition) is 0. The minimum absolute atomic E-state index is 0.0179. The summed E-state index contributed by atoms with van der Waals surface area (Å²) in [4.78, 5) is 25.7. The van der Waals surface area contributed by atoms with E-state index in [0.29, 0.717) is 0 Å². The molecule has 0 atom stereocenters. The summed E-state index contributed by atoms with van der Waals surface area (Å²) < 4.78 is 10.5. The van der Waals surface area contributed by atoms with E-state index in [4.69, 9.17) is 9.47 Å². The smallest absolute Gasteiger partial charge is 0.324 e. The van der Waals surface area contributed by atoms with E-state index in [9.17, 15) is 9.59 Å². The Morgan fingerprint density at radius 3 is 2.07 bits per heavy atom. The van der Waals surface area contributed by atoms with E-state index in [1.54, 1.807) is 12.2 Å². The average molecular weight is 380 g/mol. The van der Waals surface area contributed by atoms with Crippen LogP contribution in [0.3, 0.4) is 0 Å². The Bertz CT molecular complexity index is 737. The van der Waals surface area contributed by atoms with Crippen LogP contribution in [0, 0.1) is 5.41 Å². The zero-order valence-electron chi connectivity index (χ0n) is 16.6. The standard InChI is InChI=1S/C24H28O4/c1-5-18-27-22(25)24(16-10-12-20(3)4,23(26)28-19-6-2)17-11-15-21-13-8-7-9-14-21/h5-11,13-15H,1-2,16-19H2,3-4H3/b15-11+. The molecular formula is C24H28O4. The van der Waals surface area contributed by atoms with E-state index in [1.165, 1.54) is 12.2 Å². The van der Waals surface area contributed by atoms with Crippen molar-refractivity contribution in [2.24, 2.45) is 5.41 Å². The van der Waals surface area contributed by atoms with E-state index < -0.39 is 17.4 Å². The molecule has 28 heavy (non-hydrogen) atoms. The van der Waals surface area contributed by atoms with Crippen LogP contribution in [-0.4, -0.2) is 25.2 Å². The largest absolute Gasteiger partial charge is 0.461 e. The molecule has 1 aromatic carbocycles. The zero-order valence-corrected chi connectivity index (χ0v) is 16.6. The number of hydrogen-bond acceptors (Lipinski definition) is 4. The monoisotopic (exact) mass is 380 g/mol. The van der Waals surface area contributed by atoms with Gasteiger partial charge in [0.2, 0.25) is 0 Å². The van der Waals surface area contributed by atoms with Crippen molar-refractivity contribution >= 4 is 18.0 Å². The lowest BCUT2D eigenvalue weighted by atomic mass is 9.80. The third-order valence-corrected chi connectivity index (χ3v) is 3.86. The highest BCUT2D eigenvalue weighted by atomic mass is 16.6. The number of carbonyl (C=O) groups excluding carboxylic acids is 2. The molecule has 0 spiro atoms. The maximum Gasteiger partial charge on any atom is 0.324 e. The van der Waals surface area contributed by atoms with Crippen LogP contribution in [0.4, 0.5) is 0 Å². The fourth-order valence-corrected chi connectivity index (χ4v) is 2.44. The van der Waals surface area contributed by atoms with E-state index in [0.717, 1.165) is 11.1 Å². The van der Waals surface area contributed by atoms with Crippen molar-refractivity contribution in [2.75, 3.05) is 13.2 Å². The molecule has 0 bridgehead atoms. The van der Waals surface area contributed by atoms with Crippen molar-refractivity contribution in [3.05, 3.63) is 84.7 Å². The maximum absolute atomic E-state index is 12.9. The lowest BCUT2D eigenvalue weighted by molar-refractivity contribution is -0.170. The molecule has 0 N–H and O–H groups in total. The van der Waals surface area contributed by atoms with Gasteiger partial charge < -0.3 is 9.47 Å². The highest BCUT2D eigenvalue weighted by Crippen LogP contribution is 2.32. The second kappa shape index (κ2) is 12.3. The summed E-state index contributed by atoms with van der Waals surface area (Å²) in [5, 5.41) is 0.